The molecule has 0 amide bonds. The summed E-state index contributed by atoms with van der Waals surface area (Å²) in [6.45, 7) is 6.68. The summed E-state index contributed by atoms with van der Waals surface area (Å²) in [4.78, 5) is 28.3. The molecule has 4 N–H and O–H groups in total. The van der Waals surface area contributed by atoms with E-state index in [1.54, 1.807) is 48.5 Å². The van der Waals surface area contributed by atoms with Gasteiger partial charge in [0.15, 0.2) is 11.6 Å². The van der Waals surface area contributed by atoms with E-state index in [-0.39, 0.29) is 29.3 Å². The third kappa shape index (κ3) is 6.88. The highest BCUT2D eigenvalue weighted by atomic mass is 19.1. The molecule has 0 saturated carbocycles. The fourth-order valence-corrected chi connectivity index (χ4v) is 5.83. The second-order valence-electron chi connectivity index (χ2n) is 11.4. The molecule has 0 saturated heterocycles. The number of para-hydroxylation sites is 4. The van der Waals surface area contributed by atoms with Gasteiger partial charge < -0.3 is 35.1 Å². The van der Waals surface area contributed by atoms with Crippen LogP contribution in [0.15, 0.2) is 60.7 Å². The number of benzene rings is 4. The Morgan fingerprint density at radius 3 is 1.67 bits per heavy atom. The first-order valence-corrected chi connectivity index (χ1v) is 16.5. The van der Waals surface area contributed by atoms with E-state index in [0.717, 1.165) is 44.2 Å². The molecule has 1 aliphatic rings. The molecule has 4 aromatic carbocycles. The number of phenolic OH excluding ortho intramolecular Hbond substituents is 2. The molecule has 4 aromatic rings. The van der Waals surface area contributed by atoms with E-state index in [9.17, 15) is 19.8 Å². The number of halogens is 1. The number of phenols is 2. The summed E-state index contributed by atoms with van der Waals surface area (Å²) in [5.41, 5.74) is -1.11. The highest BCUT2D eigenvalue weighted by molar-refractivity contribution is 6.32. The van der Waals surface area contributed by atoms with E-state index in [4.69, 9.17) is 14.2 Å². The predicted octanol–water partition coefficient (Wildman–Crippen LogP) is 9.04. The Morgan fingerprint density at radius 1 is 0.604 bits per heavy atom. The first kappa shape index (κ1) is 34.1. The molecule has 10 heteroatoms. The molecule has 0 atom stereocenters. The van der Waals surface area contributed by atoms with Gasteiger partial charge in [-0.05, 0) is 56.7 Å². The molecule has 5 rings (SSSR count). The Kier molecular flexibility index (Phi) is 11.1. The van der Waals surface area contributed by atoms with Crippen LogP contribution in [-0.2, 0) is 0 Å². The molecule has 48 heavy (non-hydrogen) atoms. The number of aromatic hydroxyl groups is 2. The lowest BCUT2D eigenvalue weighted by atomic mass is 9.81. The zero-order valence-corrected chi connectivity index (χ0v) is 27.5. The number of carbonyl (C=O) groups is 2. The maximum absolute atomic E-state index is 17.1. The molecule has 9 nitrogen and oxygen atoms in total. The topological polar surface area (TPSA) is 126 Å². The number of carbonyl (C=O) groups excluding carboxylic acids is 2. The molecule has 252 valence electrons. The van der Waals surface area contributed by atoms with Crippen molar-refractivity contribution < 1.29 is 38.4 Å². The van der Waals surface area contributed by atoms with Crippen molar-refractivity contribution in [1.82, 2.24) is 0 Å². The monoisotopic (exact) mass is 656 g/mol. The molecule has 0 bridgehead atoms. The van der Waals surface area contributed by atoms with Crippen LogP contribution in [0, 0.1) is 5.82 Å². The molecule has 0 fully saturated rings. The SMILES string of the molecule is CCCCCCCCOc1c(Nc2ccccc2OCC)c(Nc2ccccc2OCC)c(F)c2c1C(=O)c1c(O)ccc(O)c1C2=O. The minimum absolute atomic E-state index is 0.0416. The van der Waals surface area contributed by atoms with Gasteiger partial charge in [0.1, 0.15) is 34.4 Å². The Bertz CT molecular complexity index is 1810. The maximum atomic E-state index is 17.1. The number of unbranched alkanes of at least 4 members (excludes halogenated alkanes) is 5. The molecule has 0 heterocycles. The van der Waals surface area contributed by atoms with Crippen LogP contribution in [0.3, 0.4) is 0 Å². The number of fused-ring (bicyclic) bond motifs is 2. The summed E-state index contributed by atoms with van der Waals surface area (Å²) >= 11 is 0. The lowest BCUT2D eigenvalue weighted by molar-refractivity contribution is 0.0967. The molecule has 1 aliphatic carbocycles. The summed E-state index contributed by atoms with van der Waals surface area (Å²) < 4.78 is 35.1. The minimum Gasteiger partial charge on any atom is -0.507 e. The van der Waals surface area contributed by atoms with Gasteiger partial charge in [0.05, 0.1) is 53.4 Å². The molecule has 0 aromatic heterocycles. The molecule has 0 spiro atoms. The van der Waals surface area contributed by atoms with Crippen LogP contribution in [0.4, 0.5) is 27.1 Å². The van der Waals surface area contributed by atoms with Crippen molar-refractivity contribution in [2.45, 2.75) is 59.3 Å². The molecule has 0 radical (unpaired) electrons. The van der Waals surface area contributed by atoms with Crippen molar-refractivity contribution in [2.75, 3.05) is 30.5 Å². The van der Waals surface area contributed by atoms with Crippen molar-refractivity contribution in [1.29, 1.82) is 0 Å². The average molecular weight is 657 g/mol. The number of anilines is 4. The van der Waals surface area contributed by atoms with Gasteiger partial charge in [0.2, 0.25) is 11.6 Å². The first-order chi connectivity index (χ1) is 23.3. The van der Waals surface area contributed by atoms with Gasteiger partial charge in [-0.3, -0.25) is 9.59 Å². The van der Waals surface area contributed by atoms with Crippen LogP contribution in [-0.4, -0.2) is 41.6 Å². The summed E-state index contributed by atoms with van der Waals surface area (Å²) in [7, 11) is 0. The van der Waals surface area contributed by atoms with Crippen molar-refractivity contribution in [2.24, 2.45) is 0 Å². The maximum Gasteiger partial charge on any atom is 0.202 e. The number of ether oxygens (including phenoxy) is 3. The van der Waals surface area contributed by atoms with E-state index >= 15 is 4.39 Å². The standard InChI is InChI=1S/C38H41FN2O7/c1-4-7-8-9-10-15-22-48-38-32-31(36(44)29-25(42)20-21-26(43)30(29)37(32)45)33(39)34(40-23-16-11-13-18-27(23)46-5-2)35(38)41-24-17-12-14-19-28(24)47-6-3/h11-14,16-21,40-43H,4-10,15,22H2,1-3H3. The average Bonchev–Trinajstić information content (AvgIpc) is 3.08. The normalized spacial score (nSPS) is 11.9. The number of ketones is 2. The van der Waals surface area contributed by atoms with Crippen molar-refractivity contribution in [3.63, 3.8) is 0 Å². The zero-order chi connectivity index (χ0) is 34.2. The Balaban J connectivity index is 1.75. The van der Waals surface area contributed by atoms with Gasteiger partial charge in [-0.15, -0.1) is 0 Å². The number of hydrogen-bond acceptors (Lipinski definition) is 9. The van der Waals surface area contributed by atoms with Crippen molar-refractivity contribution >= 4 is 34.3 Å². The third-order valence-electron chi connectivity index (χ3n) is 8.10. The van der Waals surface area contributed by atoms with Crippen molar-refractivity contribution in [3.8, 4) is 28.7 Å². The third-order valence-corrected chi connectivity index (χ3v) is 8.10. The minimum atomic E-state index is -1.05. The van der Waals surface area contributed by atoms with E-state index in [0.29, 0.717) is 42.5 Å². The quantitative estimate of drug-likeness (QED) is 0.0608. The van der Waals surface area contributed by atoms with Gasteiger partial charge in [-0.1, -0.05) is 63.3 Å². The molecular weight excluding hydrogens is 615 g/mol. The van der Waals surface area contributed by atoms with E-state index in [2.05, 4.69) is 17.6 Å². The van der Waals surface area contributed by atoms with Crippen LogP contribution < -0.4 is 24.8 Å². The Hall–Kier alpha value is -5.25. The first-order valence-electron chi connectivity index (χ1n) is 16.5. The van der Waals surface area contributed by atoms with Crippen LogP contribution in [0.2, 0.25) is 0 Å². The predicted molar refractivity (Wildman–Crippen MR) is 184 cm³/mol. The fraction of sp³-hybridized carbons (Fsp3) is 0.316. The second-order valence-corrected chi connectivity index (χ2v) is 11.4. The fourth-order valence-electron chi connectivity index (χ4n) is 5.83. The summed E-state index contributed by atoms with van der Waals surface area (Å²) in [6, 6.07) is 16.2. The van der Waals surface area contributed by atoms with Crippen LogP contribution in [0.25, 0.3) is 0 Å². The molecule has 0 unspecified atom stereocenters. The van der Waals surface area contributed by atoms with E-state index in [1.165, 1.54) is 0 Å². The van der Waals surface area contributed by atoms with Gasteiger partial charge in [0, 0.05) is 0 Å². The summed E-state index contributed by atoms with van der Waals surface area (Å²) in [6.07, 6.45) is 5.85. The zero-order valence-electron chi connectivity index (χ0n) is 27.5. The van der Waals surface area contributed by atoms with E-state index < -0.39 is 45.6 Å². The van der Waals surface area contributed by atoms with Gasteiger partial charge >= 0.3 is 0 Å². The molecule has 0 aliphatic heterocycles. The lowest BCUT2D eigenvalue weighted by Crippen LogP contribution is -2.25. The number of rotatable bonds is 16. The number of nitrogens with one attached hydrogen (secondary N) is 2. The Labute approximate surface area is 279 Å². The summed E-state index contributed by atoms with van der Waals surface area (Å²) in [5, 5.41) is 27.7. The number of hydrogen-bond donors (Lipinski definition) is 4. The van der Waals surface area contributed by atoms with Crippen LogP contribution in [0.1, 0.15) is 91.1 Å². The van der Waals surface area contributed by atoms with Crippen LogP contribution in [0.5, 0.6) is 28.7 Å². The Morgan fingerprint density at radius 2 is 1.10 bits per heavy atom. The second kappa shape index (κ2) is 15.6. The largest absolute Gasteiger partial charge is 0.507 e. The highest BCUT2D eigenvalue weighted by Gasteiger charge is 2.42. The lowest BCUT2D eigenvalue weighted by Gasteiger charge is -2.27. The molecular formula is C38H41FN2O7. The van der Waals surface area contributed by atoms with E-state index in [1.807, 2.05) is 13.8 Å². The van der Waals surface area contributed by atoms with Gasteiger partial charge in [-0.2, -0.15) is 0 Å². The smallest absolute Gasteiger partial charge is 0.202 e. The summed E-state index contributed by atoms with van der Waals surface area (Å²) in [5.74, 6) is -3.10. The van der Waals surface area contributed by atoms with Crippen LogP contribution >= 0.6 is 0 Å². The van der Waals surface area contributed by atoms with Gasteiger partial charge in [0.25, 0.3) is 0 Å². The van der Waals surface area contributed by atoms with Gasteiger partial charge in [-0.25, -0.2) is 4.39 Å². The van der Waals surface area contributed by atoms with Crippen molar-refractivity contribution in [3.05, 3.63) is 88.7 Å². The highest BCUT2D eigenvalue weighted by Crippen LogP contribution is 2.50.